The van der Waals surface area contributed by atoms with E-state index < -0.39 is 0 Å². The summed E-state index contributed by atoms with van der Waals surface area (Å²) in [5, 5.41) is 12.3. The largest absolute Gasteiger partial charge is 0.350 e. The zero-order chi connectivity index (χ0) is 16.7. The van der Waals surface area contributed by atoms with Gasteiger partial charge < -0.3 is 16.0 Å². The maximum absolute atomic E-state index is 12.2. The zero-order valence-electron chi connectivity index (χ0n) is 13.3. The number of rotatable bonds is 6. The molecule has 0 atom stereocenters. The number of hydrogen-bond acceptors (Lipinski definition) is 3. The first-order valence-electron chi connectivity index (χ1n) is 7.51. The lowest BCUT2D eigenvalue weighted by molar-refractivity contribution is 0.0954. The molecule has 23 heavy (non-hydrogen) atoms. The second-order valence-corrected chi connectivity index (χ2v) is 6.18. The van der Waals surface area contributed by atoms with Crippen LogP contribution in [0.3, 0.4) is 0 Å². The number of urea groups is 1. The Kier molecular flexibility index (Phi) is 6.17. The van der Waals surface area contributed by atoms with Crippen molar-refractivity contribution in [3.63, 3.8) is 0 Å². The first-order chi connectivity index (χ1) is 11.1. The number of amides is 3. The van der Waals surface area contributed by atoms with Gasteiger partial charge in [-0.05, 0) is 53.9 Å². The molecule has 1 aromatic carbocycles. The van der Waals surface area contributed by atoms with Crippen molar-refractivity contribution in [3.8, 4) is 11.1 Å². The molecule has 2 aromatic rings. The molecular formula is C17H21N3O2S. The summed E-state index contributed by atoms with van der Waals surface area (Å²) in [4.78, 5) is 23.6. The van der Waals surface area contributed by atoms with Gasteiger partial charge in [-0.1, -0.05) is 12.1 Å². The molecule has 0 bridgehead atoms. The van der Waals surface area contributed by atoms with Crippen LogP contribution in [-0.2, 0) is 0 Å². The molecule has 0 radical (unpaired) electrons. The van der Waals surface area contributed by atoms with Crippen LogP contribution in [0.1, 0.15) is 24.2 Å². The predicted molar refractivity (Wildman–Crippen MR) is 93.8 cm³/mol. The Hall–Kier alpha value is -2.34. The highest BCUT2D eigenvalue weighted by molar-refractivity contribution is 7.08. The minimum absolute atomic E-state index is 0.0874. The molecule has 0 fully saturated rings. The fourth-order valence-corrected chi connectivity index (χ4v) is 2.70. The Bertz CT molecular complexity index is 654. The summed E-state index contributed by atoms with van der Waals surface area (Å²) in [7, 11) is 0. The molecular weight excluding hydrogens is 310 g/mol. The van der Waals surface area contributed by atoms with E-state index in [1.165, 1.54) is 0 Å². The second kappa shape index (κ2) is 8.33. The van der Waals surface area contributed by atoms with Crippen molar-refractivity contribution in [2.24, 2.45) is 0 Å². The quantitative estimate of drug-likeness (QED) is 0.712. The first-order valence-corrected chi connectivity index (χ1v) is 8.45. The number of hydrogen-bond donors (Lipinski definition) is 3. The Morgan fingerprint density at radius 2 is 1.87 bits per heavy atom. The number of nitrogens with one attached hydrogen (secondary N) is 3. The molecule has 5 nitrogen and oxygen atoms in total. The molecule has 3 amide bonds. The maximum Gasteiger partial charge on any atom is 0.315 e. The fraction of sp³-hybridized carbons (Fsp3) is 0.294. The highest BCUT2D eigenvalue weighted by Crippen LogP contribution is 2.22. The third kappa shape index (κ3) is 5.41. The Morgan fingerprint density at radius 1 is 1.09 bits per heavy atom. The molecule has 6 heteroatoms. The van der Waals surface area contributed by atoms with E-state index >= 15 is 0 Å². The van der Waals surface area contributed by atoms with Crippen LogP contribution in [0.5, 0.6) is 0 Å². The molecule has 0 saturated heterocycles. The van der Waals surface area contributed by atoms with E-state index in [0.29, 0.717) is 18.7 Å². The maximum atomic E-state index is 12.2. The van der Waals surface area contributed by atoms with E-state index in [4.69, 9.17) is 0 Å². The molecule has 122 valence electrons. The third-order valence-corrected chi connectivity index (χ3v) is 3.78. The highest BCUT2D eigenvalue weighted by atomic mass is 32.1. The van der Waals surface area contributed by atoms with Crippen LogP contribution in [0, 0.1) is 0 Å². The van der Waals surface area contributed by atoms with E-state index in [1.807, 2.05) is 48.9 Å². The van der Waals surface area contributed by atoms with E-state index in [-0.39, 0.29) is 18.0 Å². The Balaban J connectivity index is 1.82. The van der Waals surface area contributed by atoms with Crippen LogP contribution in [0.25, 0.3) is 11.1 Å². The summed E-state index contributed by atoms with van der Waals surface area (Å²) in [6.07, 6.45) is 0. The van der Waals surface area contributed by atoms with Gasteiger partial charge in [-0.2, -0.15) is 11.3 Å². The monoisotopic (exact) mass is 331 g/mol. The van der Waals surface area contributed by atoms with Gasteiger partial charge in [0, 0.05) is 24.7 Å². The summed E-state index contributed by atoms with van der Waals surface area (Å²) in [5.41, 5.74) is 2.74. The van der Waals surface area contributed by atoms with Crippen LogP contribution in [0.4, 0.5) is 4.79 Å². The zero-order valence-corrected chi connectivity index (χ0v) is 14.1. The minimum atomic E-state index is -0.228. The summed E-state index contributed by atoms with van der Waals surface area (Å²) in [5.74, 6) is -0.145. The summed E-state index contributed by atoms with van der Waals surface area (Å²) in [6.45, 7) is 4.55. The van der Waals surface area contributed by atoms with Gasteiger partial charge in [-0.25, -0.2) is 4.79 Å². The average molecular weight is 331 g/mol. The lowest BCUT2D eigenvalue weighted by Crippen LogP contribution is -2.42. The van der Waals surface area contributed by atoms with Crippen molar-refractivity contribution in [2.75, 3.05) is 13.1 Å². The number of carbonyl (C=O) groups is 2. The molecule has 2 rings (SSSR count). The SMILES string of the molecule is CC(C)NC(=O)NCCNC(=O)c1cccc(-c2ccsc2)c1. The molecule has 0 aliphatic carbocycles. The van der Waals surface area contributed by atoms with Gasteiger partial charge in [0.25, 0.3) is 5.91 Å². The average Bonchev–Trinajstić information content (AvgIpc) is 3.05. The second-order valence-electron chi connectivity index (χ2n) is 5.40. The number of benzene rings is 1. The van der Waals surface area contributed by atoms with E-state index in [2.05, 4.69) is 16.0 Å². The van der Waals surface area contributed by atoms with Gasteiger partial charge in [0.15, 0.2) is 0 Å². The van der Waals surface area contributed by atoms with Crippen molar-refractivity contribution < 1.29 is 9.59 Å². The van der Waals surface area contributed by atoms with Crippen molar-refractivity contribution in [2.45, 2.75) is 19.9 Å². The van der Waals surface area contributed by atoms with Gasteiger partial charge >= 0.3 is 6.03 Å². The lowest BCUT2D eigenvalue weighted by Gasteiger charge is -2.11. The van der Waals surface area contributed by atoms with E-state index in [0.717, 1.165) is 11.1 Å². The molecule has 3 N–H and O–H groups in total. The lowest BCUT2D eigenvalue weighted by atomic mass is 10.1. The van der Waals surface area contributed by atoms with Crippen molar-refractivity contribution in [1.29, 1.82) is 0 Å². The molecule has 0 unspecified atom stereocenters. The van der Waals surface area contributed by atoms with Gasteiger partial charge in [0.1, 0.15) is 0 Å². The van der Waals surface area contributed by atoms with E-state index in [1.54, 1.807) is 17.4 Å². The highest BCUT2D eigenvalue weighted by Gasteiger charge is 2.07. The van der Waals surface area contributed by atoms with Crippen LogP contribution in [-0.4, -0.2) is 31.1 Å². The fourth-order valence-electron chi connectivity index (χ4n) is 2.04. The van der Waals surface area contributed by atoms with Crippen LogP contribution < -0.4 is 16.0 Å². The van der Waals surface area contributed by atoms with Gasteiger partial charge in [-0.3, -0.25) is 4.79 Å². The minimum Gasteiger partial charge on any atom is -0.350 e. The molecule has 1 aromatic heterocycles. The van der Waals surface area contributed by atoms with Crippen molar-refractivity contribution >= 4 is 23.3 Å². The molecule has 0 saturated carbocycles. The van der Waals surface area contributed by atoms with Gasteiger partial charge in [0.05, 0.1) is 0 Å². The van der Waals surface area contributed by atoms with Gasteiger partial charge in [0.2, 0.25) is 0 Å². The van der Waals surface area contributed by atoms with Crippen LogP contribution in [0.2, 0.25) is 0 Å². The standard InChI is InChI=1S/C17H21N3O2S/c1-12(2)20-17(22)19-8-7-18-16(21)14-5-3-4-13(10-14)15-6-9-23-11-15/h3-6,9-12H,7-8H2,1-2H3,(H,18,21)(H2,19,20,22). The Labute approximate surface area is 140 Å². The number of carbonyl (C=O) groups excluding carboxylic acids is 2. The van der Waals surface area contributed by atoms with Crippen molar-refractivity contribution in [1.82, 2.24) is 16.0 Å². The summed E-state index contributed by atoms with van der Waals surface area (Å²) in [6, 6.07) is 9.39. The summed E-state index contributed by atoms with van der Waals surface area (Å²) < 4.78 is 0. The van der Waals surface area contributed by atoms with Crippen LogP contribution in [0.15, 0.2) is 41.1 Å². The smallest absolute Gasteiger partial charge is 0.315 e. The molecule has 0 aliphatic heterocycles. The van der Waals surface area contributed by atoms with Crippen molar-refractivity contribution in [3.05, 3.63) is 46.7 Å². The third-order valence-electron chi connectivity index (χ3n) is 3.10. The molecule has 0 spiro atoms. The molecule has 0 aliphatic rings. The first kappa shape index (κ1) is 17.0. The predicted octanol–water partition coefficient (Wildman–Crippen LogP) is 2.85. The summed E-state index contributed by atoms with van der Waals surface area (Å²) >= 11 is 1.63. The van der Waals surface area contributed by atoms with E-state index in [9.17, 15) is 9.59 Å². The Morgan fingerprint density at radius 3 is 2.57 bits per heavy atom. The number of thiophene rings is 1. The normalized spacial score (nSPS) is 10.4. The van der Waals surface area contributed by atoms with Crippen LogP contribution >= 0.6 is 11.3 Å². The molecule has 1 heterocycles. The van der Waals surface area contributed by atoms with Gasteiger partial charge in [-0.15, -0.1) is 0 Å². The topological polar surface area (TPSA) is 70.2 Å².